The monoisotopic (exact) mass is 396 g/mol. The molecule has 2 atom stereocenters. The molecule has 1 N–H and O–H groups in total. The SMILES string of the molecule is COC(=O)[C@H](NC(=O)[C@H]1CCCCN1S(=O)(=O)c1ccc(C)cc1)C(C)C. The minimum atomic E-state index is -3.80. The van der Waals surface area contributed by atoms with Gasteiger partial charge in [-0.1, -0.05) is 38.0 Å². The Labute approximate surface area is 161 Å². The first-order chi connectivity index (χ1) is 12.7. The Hall–Kier alpha value is -1.93. The zero-order chi connectivity index (χ0) is 20.2. The summed E-state index contributed by atoms with van der Waals surface area (Å²) >= 11 is 0. The predicted octanol–water partition coefficient (Wildman–Crippen LogP) is 1.85. The number of carbonyl (C=O) groups excluding carboxylic acids is 2. The van der Waals surface area contributed by atoms with E-state index in [1.807, 2.05) is 6.92 Å². The third kappa shape index (κ3) is 4.87. The molecule has 0 aliphatic carbocycles. The number of hydrogen-bond acceptors (Lipinski definition) is 5. The van der Waals surface area contributed by atoms with E-state index in [0.29, 0.717) is 12.8 Å². The Bertz CT molecular complexity index is 774. The van der Waals surface area contributed by atoms with Crippen molar-refractivity contribution in [2.75, 3.05) is 13.7 Å². The second-order valence-corrected chi connectivity index (χ2v) is 9.08. The van der Waals surface area contributed by atoms with Crippen molar-refractivity contribution in [3.63, 3.8) is 0 Å². The lowest BCUT2D eigenvalue weighted by atomic mass is 10.0. The van der Waals surface area contributed by atoms with Crippen LogP contribution in [0.2, 0.25) is 0 Å². The van der Waals surface area contributed by atoms with Crippen LogP contribution in [0.5, 0.6) is 0 Å². The van der Waals surface area contributed by atoms with Gasteiger partial charge in [0.1, 0.15) is 12.1 Å². The number of aryl methyl sites for hydroxylation is 1. The van der Waals surface area contributed by atoms with Gasteiger partial charge in [0, 0.05) is 6.54 Å². The number of ether oxygens (including phenoxy) is 1. The molecule has 7 nitrogen and oxygen atoms in total. The fourth-order valence-electron chi connectivity index (χ4n) is 3.17. The van der Waals surface area contributed by atoms with Crippen molar-refractivity contribution in [2.24, 2.45) is 5.92 Å². The van der Waals surface area contributed by atoms with Gasteiger partial charge in [-0.2, -0.15) is 4.31 Å². The number of rotatable bonds is 6. The Kier molecular flexibility index (Phi) is 7.00. The average molecular weight is 397 g/mol. The zero-order valence-electron chi connectivity index (χ0n) is 16.3. The molecular weight excluding hydrogens is 368 g/mol. The van der Waals surface area contributed by atoms with Crippen molar-refractivity contribution in [3.05, 3.63) is 29.8 Å². The lowest BCUT2D eigenvalue weighted by Crippen LogP contribution is -2.56. The van der Waals surface area contributed by atoms with Gasteiger partial charge in [-0.25, -0.2) is 13.2 Å². The summed E-state index contributed by atoms with van der Waals surface area (Å²) in [5.74, 6) is -1.18. The minimum Gasteiger partial charge on any atom is -0.467 e. The Balaban J connectivity index is 2.27. The van der Waals surface area contributed by atoms with Gasteiger partial charge in [-0.3, -0.25) is 4.79 Å². The van der Waals surface area contributed by atoms with Crippen LogP contribution >= 0.6 is 0 Å². The maximum atomic E-state index is 13.1. The fourth-order valence-corrected chi connectivity index (χ4v) is 4.83. The van der Waals surface area contributed by atoms with Crippen molar-refractivity contribution in [1.29, 1.82) is 0 Å². The molecule has 8 heteroatoms. The summed E-state index contributed by atoms with van der Waals surface area (Å²) in [5.41, 5.74) is 0.958. The molecule has 0 aromatic heterocycles. The second-order valence-electron chi connectivity index (χ2n) is 7.19. The summed E-state index contributed by atoms with van der Waals surface area (Å²) in [5, 5.41) is 2.68. The highest BCUT2D eigenvalue weighted by Gasteiger charge is 2.39. The van der Waals surface area contributed by atoms with E-state index in [2.05, 4.69) is 5.32 Å². The molecule has 0 saturated carbocycles. The number of benzene rings is 1. The van der Waals surface area contributed by atoms with E-state index in [-0.39, 0.29) is 17.4 Å². The number of piperidine rings is 1. The lowest BCUT2D eigenvalue weighted by molar-refractivity contribution is -0.147. The van der Waals surface area contributed by atoms with Crippen LogP contribution < -0.4 is 5.32 Å². The average Bonchev–Trinajstić information content (AvgIpc) is 2.65. The molecule has 1 heterocycles. The van der Waals surface area contributed by atoms with Gasteiger partial charge in [0.05, 0.1) is 12.0 Å². The topological polar surface area (TPSA) is 92.8 Å². The van der Waals surface area contributed by atoms with Crippen LogP contribution in [0.4, 0.5) is 0 Å². The number of carbonyl (C=O) groups is 2. The van der Waals surface area contributed by atoms with Gasteiger partial charge in [0.15, 0.2) is 0 Å². The number of methoxy groups -OCH3 is 1. The Morgan fingerprint density at radius 1 is 1.19 bits per heavy atom. The molecule has 1 saturated heterocycles. The van der Waals surface area contributed by atoms with E-state index < -0.39 is 34.0 Å². The Morgan fingerprint density at radius 2 is 1.81 bits per heavy atom. The molecule has 1 aliphatic heterocycles. The first-order valence-corrected chi connectivity index (χ1v) is 10.6. The molecule has 2 rings (SSSR count). The maximum Gasteiger partial charge on any atom is 0.328 e. The lowest BCUT2D eigenvalue weighted by Gasteiger charge is -2.34. The first-order valence-electron chi connectivity index (χ1n) is 9.15. The summed E-state index contributed by atoms with van der Waals surface area (Å²) in [7, 11) is -2.54. The van der Waals surface area contributed by atoms with Crippen LogP contribution in [0.1, 0.15) is 38.7 Å². The van der Waals surface area contributed by atoms with Gasteiger partial charge >= 0.3 is 5.97 Å². The fraction of sp³-hybridized carbons (Fsp3) is 0.579. The second kappa shape index (κ2) is 8.84. The molecule has 0 unspecified atom stereocenters. The molecule has 0 radical (unpaired) electrons. The molecule has 27 heavy (non-hydrogen) atoms. The maximum absolute atomic E-state index is 13.1. The van der Waals surface area contributed by atoms with E-state index >= 15 is 0 Å². The summed E-state index contributed by atoms with van der Waals surface area (Å²) in [4.78, 5) is 25.0. The van der Waals surface area contributed by atoms with Gasteiger partial charge in [-0.15, -0.1) is 0 Å². The molecule has 150 valence electrons. The largest absolute Gasteiger partial charge is 0.467 e. The standard InChI is InChI=1S/C19H28N2O5S/c1-13(2)17(19(23)26-4)20-18(22)16-7-5-6-12-21(16)27(24,25)15-10-8-14(3)9-11-15/h8-11,13,16-17H,5-7,12H2,1-4H3,(H,20,22)/t16-,17-/m1/s1. The highest BCUT2D eigenvalue weighted by Crippen LogP contribution is 2.26. The smallest absolute Gasteiger partial charge is 0.328 e. The molecule has 1 aromatic rings. The van der Waals surface area contributed by atoms with Crippen LogP contribution in [-0.4, -0.2) is 50.3 Å². The molecule has 1 fully saturated rings. The van der Waals surface area contributed by atoms with E-state index in [9.17, 15) is 18.0 Å². The third-order valence-electron chi connectivity index (χ3n) is 4.80. The van der Waals surface area contributed by atoms with Crippen LogP contribution in [0.3, 0.4) is 0 Å². The number of sulfonamides is 1. The van der Waals surface area contributed by atoms with Gasteiger partial charge in [-0.05, 0) is 37.8 Å². The molecule has 1 amide bonds. The van der Waals surface area contributed by atoms with Gasteiger partial charge < -0.3 is 10.1 Å². The van der Waals surface area contributed by atoms with Crippen LogP contribution in [0, 0.1) is 12.8 Å². The van der Waals surface area contributed by atoms with Crippen molar-refractivity contribution in [3.8, 4) is 0 Å². The van der Waals surface area contributed by atoms with Crippen molar-refractivity contribution in [1.82, 2.24) is 9.62 Å². The number of nitrogens with zero attached hydrogens (tertiary/aromatic N) is 1. The molecule has 1 aliphatic rings. The number of amides is 1. The van der Waals surface area contributed by atoms with Crippen LogP contribution in [0.15, 0.2) is 29.2 Å². The van der Waals surface area contributed by atoms with Crippen molar-refractivity contribution in [2.45, 2.75) is 57.0 Å². The molecule has 1 aromatic carbocycles. The molecular formula is C19H28N2O5S. The van der Waals surface area contributed by atoms with Crippen molar-refractivity contribution < 1.29 is 22.7 Å². The van der Waals surface area contributed by atoms with Crippen molar-refractivity contribution >= 4 is 21.9 Å². The van der Waals surface area contributed by atoms with E-state index in [1.54, 1.807) is 38.1 Å². The predicted molar refractivity (Wildman–Crippen MR) is 101 cm³/mol. The van der Waals surface area contributed by atoms with Gasteiger partial charge in [0.25, 0.3) is 0 Å². The third-order valence-corrected chi connectivity index (χ3v) is 6.73. The summed E-state index contributed by atoms with van der Waals surface area (Å²) in [6.45, 7) is 5.75. The highest BCUT2D eigenvalue weighted by molar-refractivity contribution is 7.89. The van der Waals surface area contributed by atoms with Gasteiger partial charge in [0.2, 0.25) is 15.9 Å². The zero-order valence-corrected chi connectivity index (χ0v) is 17.1. The van der Waals surface area contributed by atoms with E-state index in [4.69, 9.17) is 4.74 Å². The van der Waals surface area contributed by atoms with Crippen LogP contribution in [0.25, 0.3) is 0 Å². The van der Waals surface area contributed by atoms with E-state index in [0.717, 1.165) is 12.0 Å². The number of nitrogens with one attached hydrogen (secondary N) is 1. The number of esters is 1. The van der Waals surface area contributed by atoms with Crippen LogP contribution in [-0.2, 0) is 24.3 Å². The molecule has 0 bridgehead atoms. The first kappa shape index (κ1) is 21.4. The Morgan fingerprint density at radius 3 is 2.37 bits per heavy atom. The highest BCUT2D eigenvalue weighted by atomic mass is 32.2. The molecule has 0 spiro atoms. The minimum absolute atomic E-state index is 0.168. The summed E-state index contributed by atoms with van der Waals surface area (Å²) < 4.78 is 32.2. The summed E-state index contributed by atoms with van der Waals surface area (Å²) in [6.07, 6.45) is 1.87. The number of hydrogen-bond donors (Lipinski definition) is 1. The summed E-state index contributed by atoms with van der Waals surface area (Å²) in [6, 6.07) is 4.93. The quantitative estimate of drug-likeness (QED) is 0.741. The normalized spacial score (nSPS) is 19.5. The van der Waals surface area contributed by atoms with E-state index in [1.165, 1.54) is 11.4 Å².